The first-order chi connectivity index (χ1) is 11.8. The number of non-ortho nitro benzene ring substituents is 1. The summed E-state index contributed by atoms with van der Waals surface area (Å²) >= 11 is 5.87. The van der Waals surface area contributed by atoms with Gasteiger partial charge in [-0.3, -0.25) is 25.0 Å². The van der Waals surface area contributed by atoms with Crippen molar-refractivity contribution in [1.82, 2.24) is 5.32 Å². The molecular weight excluding hydrogens is 354 g/mol. The number of halogens is 1. The Labute approximate surface area is 146 Å². The number of amides is 1. The Hall–Kier alpha value is -3.20. The summed E-state index contributed by atoms with van der Waals surface area (Å²) in [6.45, 7) is 0.0513. The molecule has 0 aromatic heterocycles. The first kappa shape index (κ1) is 18.1. The highest BCUT2D eigenvalue weighted by Crippen LogP contribution is 2.32. The van der Waals surface area contributed by atoms with E-state index < -0.39 is 32.2 Å². The summed E-state index contributed by atoms with van der Waals surface area (Å²) < 4.78 is 5.15. The monoisotopic (exact) mass is 365 g/mol. The van der Waals surface area contributed by atoms with E-state index in [0.29, 0.717) is 17.4 Å². The van der Waals surface area contributed by atoms with Crippen molar-refractivity contribution in [3.63, 3.8) is 0 Å². The van der Waals surface area contributed by atoms with Gasteiger partial charge in [0, 0.05) is 18.2 Å². The van der Waals surface area contributed by atoms with Crippen LogP contribution in [0, 0.1) is 20.2 Å². The molecule has 0 saturated heterocycles. The van der Waals surface area contributed by atoms with Crippen molar-refractivity contribution in [1.29, 1.82) is 0 Å². The van der Waals surface area contributed by atoms with Gasteiger partial charge in [0.25, 0.3) is 17.3 Å². The Morgan fingerprint density at radius 3 is 2.48 bits per heavy atom. The van der Waals surface area contributed by atoms with Gasteiger partial charge < -0.3 is 10.1 Å². The lowest BCUT2D eigenvalue weighted by atomic mass is 10.1. The van der Waals surface area contributed by atoms with Gasteiger partial charge in [0.15, 0.2) is 0 Å². The van der Waals surface area contributed by atoms with Crippen LogP contribution in [0.4, 0.5) is 11.4 Å². The van der Waals surface area contributed by atoms with Gasteiger partial charge in [-0.25, -0.2) is 0 Å². The highest BCUT2D eigenvalue weighted by atomic mass is 35.5. The van der Waals surface area contributed by atoms with Crippen LogP contribution in [0.1, 0.15) is 15.9 Å². The van der Waals surface area contributed by atoms with Crippen LogP contribution < -0.4 is 10.1 Å². The topological polar surface area (TPSA) is 125 Å². The first-order valence-corrected chi connectivity index (χ1v) is 7.25. The summed E-state index contributed by atoms with van der Waals surface area (Å²) in [5, 5.41) is 24.0. The van der Waals surface area contributed by atoms with Crippen molar-refractivity contribution in [2.45, 2.75) is 6.54 Å². The Kier molecular flexibility index (Phi) is 5.50. The maximum absolute atomic E-state index is 12.3. The summed E-state index contributed by atoms with van der Waals surface area (Å²) in [5.41, 5.74) is -0.997. The second kappa shape index (κ2) is 7.58. The molecule has 0 fully saturated rings. The number of benzene rings is 2. The van der Waals surface area contributed by atoms with Gasteiger partial charge in [-0.05, 0) is 6.07 Å². The van der Waals surface area contributed by atoms with Crippen molar-refractivity contribution in [2.75, 3.05) is 7.11 Å². The molecule has 0 radical (unpaired) electrons. The van der Waals surface area contributed by atoms with Gasteiger partial charge in [0.05, 0.1) is 28.6 Å². The first-order valence-electron chi connectivity index (χ1n) is 6.87. The van der Waals surface area contributed by atoms with E-state index in [9.17, 15) is 25.0 Å². The molecule has 25 heavy (non-hydrogen) atoms. The SMILES string of the molecule is COc1ccccc1CNC(=O)c1cc([N+](=O)[O-])cc([N+](=O)[O-])c1Cl. The molecule has 1 N–H and O–H groups in total. The van der Waals surface area contributed by atoms with Gasteiger partial charge in [-0.15, -0.1) is 0 Å². The quantitative estimate of drug-likeness (QED) is 0.619. The van der Waals surface area contributed by atoms with E-state index in [-0.39, 0.29) is 12.1 Å². The summed E-state index contributed by atoms with van der Waals surface area (Å²) in [6.07, 6.45) is 0. The van der Waals surface area contributed by atoms with E-state index in [4.69, 9.17) is 16.3 Å². The highest BCUT2D eigenvalue weighted by molar-refractivity contribution is 6.36. The van der Waals surface area contributed by atoms with E-state index in [1.165, 1.54) is 7.11 Å². The zero-order chi connectivity index (χ0) is 18.6. The second-order valence-electron chi connectivity index (χ2n) is 4.84. The molecule has 10 heteroatoms. The number of carbonyl (C=O) groups excluding carboxylic acids is 1. The van der Waals surface area contributed by atoms with E-state index in [1.54, 1.807) is 24.3 Å². The molecule has 2 rings (SSSR count). The molecule has 0 bridgehead atoms. The van der Waals surface area contributed by atoms with Crippen LogP contribution in [0.3, 0.4) is 0 Å². The minimum absolute atomic E-state index is 0.0513. The van der Waals surface area contributed by atoms with E-state index >= 15 is 0 Å². The van der Waals surface area contributed by atoms with Gasteiger partial charge in [-0.1, -0.05) is 29.8 Å². The fourth-order valence-electron chi connectivity index (χ4n) is 2.12. The van der Waals surface area contributed by atoms with Gasteiger partial charge in [0.2, 0.25) is 0 Å². The van der Waals surface area contributed by atoms with Gasteiger partial charge in [0.1, 0.15) is 10.8 Å². The second-order valence-corrected chi connectivity index (χ2v) is 5.21. The van der Waals surface area contributed by atoms with Crippen LogP contribution in [-0.4, -0.2) is 22.9 Å². The number of nitro groups is 2. The lowest BCUT2D eigenvalue weighted by molar-refractivity contribution is -0.394. The molecule has 0 saturated carbocycles. The molecule has 9 nitrogen and oxygen atoms in total. The maximum Gasteiger partial charge on any atom is 0.295 e. The van der Waals surface area contributed by atoms with Crippen LogP contribution in [0.5, 0.6) is 5.75 Å². The standard InChI is InChI=1S/C15H12ClN3O6/c1-25-13-5-3-2-4-9(13)8-17-15(20)11-6-10(18(21)22)7-12(14(11)16)19(23)24/h2-7H,8H2,1H3,(H,17,20). The molecular formula is C15H12ClN3O6. The zero-order valence-corrected chi connectivity index (χ0v) is 13.6. The van der Waals surface area contributed by atoms with Crippen molar-refractivity contribution in [3.8, 4) is 5.75 Å². The Morgan fingerprint density at radius 2 is 1.88 bits per heavy atom. The number of nitrogens with one attached hydrogen (secondary N) is 1. The summed E-state index contributed by atoms with van der Waals surface area (Å²) in [4.78, 5) is 32.5. The van der Waals surface area contributed by atoms with Crippen LogP contribution in [0.2, 0.25) is 5.02 Å². The largest absolute Gasteiger partial charge is 0.496 e. The third kappa shape index (κ3) is 4.01. The number of methoxy groups -OCH3 is 1. The molecule has 2 aromatic rings. The smallest absolute Gasteiger partial charge is 0.295 e. The highest BCUT2D eigenvalue weighted by Gasteiger charge is 2.26. The number of hydrogen-bond donors (Lipinski definition) is 1. The lowest BCUT2D eigenvalue weighted by Gasteiger charge is -2.10. The van der Waals surface area contributed by atoms with Gasteiger partial charge >= 0.3 is 0 Å². The molecule has 0 spiro atoms. The summed E-state index contributed by atoms with van der Waals surface area (Å²) in [7, 11) is 1.47. The van der Waals surface area contributed by atoms with Crippen molar-refractivity contribution in [3.05, 3.63) is 72.8 Å². The molecule has 0 aliphatic carbocycles. The molecule has 1 amide bonds. The van der Waals surface area contributed by atoms with Gasteiger partial charge in [-0.2, -0.15) is 0 Å². The third-order valence-corrected chi connectivity index (χ3v) is 3.72. The number of para-hydroxylation sites is 1. The predicted molar refractivity (Wildman–Crippen MR) is 88.9 cm³/mol. The number of rotatable bonds is 6. The summed E-state index contributed by atoms with van der Waals surface area (Å²) in [6, 6.07) is 8.52. The summed E-state index contributed by atoms with van der Waals surface area (Å²) in [5.74, 6) is -0.235. The molecule has 0 unspecified atom stereocenters. The molecule has 0 heterocycles. The van der Waals surface area contributed by atoms with Crippen molar-refractivity contribution in [2.24, 2.45) is 0 Å². The molecule has 0 aliphatic heterocycles. The Bertz CT molecular complexity index is 855. The van der Waals surface area contributed by atoms with Crippen LogP contribution in [0.15, 0.2) is 36.4 Å². The van der Waals surface area contributed by atoms with Crippen LogP contribution >= 0.6 is 11.6 Å². The molecule has 0 aliphatic rings. The van der Waals surface area contributed by atoms with Crippen molar-refractivity contribution < 1.29 is 19.4 Å². The minimum Gasteiger partial charge on any atom is -0.496 e. The fraction of sp³-hybridized carbons (Fsp3) is 0.133. The number of nitrogens with zero attached hydrogens (tertiary/aromatic N) is 2. The predicted octanol–water partition coefficient (Wildman–Crippen LogP) is 3.10. The third-order valence-electron chi connectivity index (χ3n) is 3.32. The lowest BCUT2D eigenvalue weighted by Crippen LogP contribution is -2.23. The zero-order valence-electron chi connectivity index (χ0n) is 12.9. The molecule has 0 atom stereocenters. The normalized spacial score (nSPS) is 10.2. The molecule has 2 aromatic carbocycles. The maximum atomic E-state index is 12.3. The minimum atomic E-state index is -0.883. The number of hydrogen-bond acceptors (Lipinski definition) is 6. The van der Waals surface area contributed by atoms with E-state index in [0.717, 1.165) is 6.07 Å². The number of carbonyl (C=O) groups is 1. The number of ether oxygens (including phenoxy) is 1. The average Bonchev–Trinajstić information content (AvgIpc) is 2.59. The van der Waals surface area contributed by atoms with Crippen LogP contribution in [0.25, 0.3) is 0 Å². The average molecular weight is 366 g/mol. The van der Waals surface area contributed by atoms with Crippen LogP contribution in [-0.2, 0) is 6.54 Å². The Morgan fingerprint density at radius 1 is 1.20 bits per heavy atom. The fourth-order valence-corrected chi connectivity index (χ4v) is 2.38. The number of nitro benzene ring substituents is 2. The van der Waals surface area contributed by atoms with E-state index in [2.05, 4.69) is 5.32 Å². The van der Waals surface area contributed by atoms with Crippen molar-refractivity contribution >= 4 is 28.9 Å². The van der Waals surface area contributed by atoms with E-state index in [1.807, 2.05) is 0 Å². The molecule has 130 valence electrons. The Balaban J connectivity index is 2.32.